The highest BCUT2D eigenvalue weighted by atomic mass is 35.5. The average molecular weight is 667 g/mol. The molecular weight excluding hydrogens is 624 g/mol. The molecule has 10 nitrogen and oxygen atoms in total. The molecule has 0 atom stereocenters. The Labute approximate surface area is 277 Å². The van der Waals surface area contributed by atoms with Crippen LogP contribution in [0.15, 0.2) is 48.7 Å². The fourth-order valence-corrected chi connectivity index (χ4v) is 7.89. The van der Waals surface area contributed by atoms with Gasteiger partial charge in [-0.25, -0.2) is 13.4 Å². The van der Waals surface area contributed by atoms with Crippen LogP contribution in [0.2, 0.25) is 5.02 Å². The number of para-hydroxylation sites is 2. The van der Waals surface area contributed by atoms with Crippen molar-refractivity contribution in [1.29, 1.82) is 0 Å². The maximum absolute atomic E-state index is 13.0. The minimum atomic E-state index is -3.44. The fraction of sp³-hybridized carbons (Fsp3) is 0.471. The SMILES string of the molecule is Cc1cc(Nc2ncc(Cl)c(Nc3ccccc3N(C)S(=O)(=O)C3CC3)n2)c(OC(C)C)cc1C1=CCN(C2CCOCC2)CC1. The molecule has 3 heterocycles. The lowest BCUT2D eigenvalue weighted by molar-refractivity contribution is 0.0378. The lowest BCUT2D eigenvalue weighted by atomic mass is 9.93. The second kappa shape index (κ2) is 13.8. The Balaban J connectivity index is 1.24. The molecular formula is C34H43ClN6O4S. The summed E-state index contributed by atoms with van der Waals surface area (Å²) >= 11 is 6.54. The molecule has 2 aromatic carbocycles. The number of halogens is 1. The Hall–Kier alpha value is -3.38. The first-order chi connectivity index (χ1) is 22.1. The van der Waals surface area contributed by atoms with Gasteiger partial charge in [-0.15, -0.1) is 0 Å². The van der Waals surface area contributed by atoms with Crippen LogP contribution >= 0.6 is 11.6 Å². The van der Waals surface area contributed by atoms with Crippen molar-refractivity contribution in [2.24, 2.45) is 0 Å². The lowest BCUT2D eigenvalue weighted by Crippen LogP contribution is -2.41. The quantitative estimate of drug-likeness (QED) is 0.226. The molecule has 3 aliphatic rings. The van der Waals surface area contributed by atoms with Crippen molar-refractivity contribution in [1.82, 2.24) is 14.9 Å². The van der Waals surface area contributed by atoms with E-state index < -0.39 is 10.0 Å². The molecule has 12 heteroatoms. The first kappa shape index (κ1) is 32.6. The van der Waals surface area contributed by atoms with Crippen molar-refractivity contribution >= 4 is 56.0 Å². The molecule has 1 aromatic heterocycles. The summed E-state index contributed by atoms with van der Waals surface area (Å²) < 4.78 is 39.2. The van der Waals surface area contributed by atoms with Gasteiger partial charge in [0.25, 0.3) is 0 Å². The number of sulfonamides is 1. The summed E-state index contributed by atoms with van der Waals surface area (Å²) in [6.07, 6.45) is 8.40. The zero-order valence-electron chi connectivity index (χ0n) is 26.9. The van der Waals surface area contributed by atoms with Gasteiger partial charge < -0.3 is 20.1 Å². The third kappa shape index (κ3) is 7.27. The molecule has 0 radical (unpaired) electrons. The van der Waals surface area contributed by atoms with E-state index in [-0.39, 0.29) is 11.4 Å². The van der Waals surface area contributed by atoms with Crippen molar-refractivity contribution in [3.8, 4) is 5.75 Å². The van der Waals surface area contributed by atoms with Gasteiger partial charge in [0.1, 0.15) is 10.8 Å². The Morgan fingerprint density at radius 2 is 1.85 bits per heavy atom. The van der Waals surface area contributed by atoms with E-state index in [4.69, 9.17) is 21.1 Å². The van der Waals surface area contributed by atoms with Crippen molar-refractivity contribution in [2.45, 2.75) is 70.3 Å². The van der Waals surface area contributed by atoms with Gasteiger partial charge >= 0.3 is 0 Å². The van der Waals surface area contributed by atoms with Crippen LogP contribution in [0.25, 0.3) is 5.57 Å². The summed E-state index contributed by atoms with van der Waals surface area (Å²) in [5.74, 6) is 1.40. The van der Waals surface area contributed by atoms with Crippen molar-refractivity contribution in [3.63, 3.8) is 0 Å². The van der Waals surface area contributed by atoms with E-state index in [0.717, 1.165) is 56.8 Å². The van der Waals surface area contributed by atoms with Crippen molar-refractivity contribution in [3.05, 3.63) is 64.8 Å². The van der Waals surface area contributed by atoms with E-state index in [1.165, 1.54) is 21.6 Å². The van der Waals surface area contributed by atoms with Gasteiger partial charge in [-0.05, 0) is 93.8 Å². The van der Waals surface area contributed by atoms with Crippen LogP contribution in [-0.2, 0) is 14.8 Å². The number of hydrogen-bond donors (Lipinski definition) is 2. The second-order valence-corrected chi connectivity index (χ2v) is 15.2. The van der Waals surface area contributed by atoms with Gasteiger partial charge in [-0.1, -0.05) is 29.8 Å². The number of rotatable bonds is 11. The van der Waals surface area contributed by atoms with Crippen LogP contribution in [0, 0.1) is 6.92 Å². The largest absolute Gasteiger partial charge is 0.489 e. The van der Waals surface area contributed by atoms with Gasteiger partial charge in [0.2, 0.25) is 16.0 Å². The normalized spacial score (nSPS) is 17.9. The summed E-state index contributed by atoms with van der Waals surface area (Å²) in [7, 11) is -1.86. The number of aryl methyl sites for hydroxylation is 1. The summed E-state index contributed by atoms with van der Waals surface area (Å²) in [5, 5.41) is 6.56. The maximum atomic E-state index is 13.0. The highest BCUT2D eigenvalue weighted by Crippen LogP contribution is 2.39. The van der Waals surface area contributed by atoms with Gasteiger partial charge in [-0.2, -0.15) is 4.98 Å². The molecule has 0 amide bonds. The van der Waals surface area contributed by atoms with Crippen LogP contribution in [0.5, 0.6) is 5.75 Å². The third-order valence-electron chi connectivity index (χ3n) is 8.80. The molecule has 0 spiro atoms. The fourth-order valence-electron chi connectivity index (χ4n) is 6.14. The zero-order valence-corrected chi connectivity index (χ0v) is 28.5. The standard InChI is InChI=1S/C34H43ClN6O4S/c1-22(2)45-32-20-27(24-11-15-41(16-12-24)25-13-17-44-18-14-25)23(3)19-30(32)38-34-36-21-28(35)33(39-34)37-29-7-5-6-8-31(29)40(4)46(42,43)26-9-10-26/h5-8,11,19-22,25-26H,9-10,12-18H2,1-4H3,(H2,36,37,38,39). The molecule has 0 bridgehead atoms. The molecule has 246 valence electrons. The zero-order chi connectivity index (χ0) is 32.4. The predicted molar refractivity (Wildman–Crippen MR) is 185 cm³/mol. The van der Waals surface area contributed by atoms with Crippen molar-refractivity contribution in [2.75, 3.05) is 48.3 Å². The number of anilines is 5. The Bertz CT molecular complexity index is 1710. The van der Waals surface area contributed by atoms with Gasteiger partial charge in [0.15, 0.2) is 5.82 Å². The average Bonchev–Trinajstić information content (AvgIpc) is 3.91. The van der Waals surface area contributed by atoms with Crippen LogP contribution in [-0.4, -0.2) is 74.0 Å². The Kier molecular flexibility index (Phi) is 9.75. The second-order valence-electron chi connectivity index (χ2n) is 12.5. The lowest BCUT2D eigenvalue weighted by Gasteiger charge is -2.36. The summed E-state index contributed by atoms with van der Waals surface area (Å²) in [6.45, 7) is 9.82. The molecule has 2 aliphatic heterocycles. The molecule has 0 unspecified atom stereocenters. The number of nitrogens with one attached hydrogen (secondary N) is 2. The molecule has 3 aromatic rings. The van der Waals surface area contributed by atoms with Crippen LogP contribution in [0.3, 0.4) is 0 Å². The van der Waals surface area contributed by atoms with Crippen LogP contribution < -0.4 is 19.7 Å². The third-order valence-corrected chi connectivity index (χ3v) is 11.3. The summed E-state index contributed by atoms with van der Waals surface area (Å²) in [5.41, 5.74) is 5.49. The number of benzene rings is 2. The molecule has 46 heavy (non-hydrogen) atoms. The van der Waals surface area contributed by atoms with Crippen LogP contribution in [0.4, 0.5) is 28.8 Å². The maximum Gasteiger partial charge on any atom is 0.237 e. The van der Waals surface area contributed by atoms with Gasteiger partial charge in [0, 0.05) is 39.4 Å². The minimum Gasteiger partial charge on any atom is -0.489 e. The molecule has 1 saturated heterocycles. The number of nitrogens with zero attached hydrogens (tertiary/aromatic N) is 4. The molecule has 1 aliphatic carbocycles. The van der Waals surface area contributed by atoms with E-state index in [1.54, 1.807) is 19.2 Å². The number of hydrogen-bond acceptors (Lipinski definition) is 9. The van der Waals surface area contributed by atoms with E-state index in [9.17, 15) is 8.42 Å². The molecule has 2 fully saturated rings. The van der Waals surface area contributed by atoms with Crippen molar-refractivity contribution < 1.29 is 17.9 Å². The first-order valence-corrected chi connectivity index (χ1v) is 17.9. The summed E-state index contributed by atoms with van der Waals surface area (Å²) in [4.78, 5) is 11.7. The number of aromatic nitrogens is 2. The summed E-state index contributed by atoms with van der Waals surface area (Å²) in [6, 6.07) is 12.0. The monoisotopic (exact) mass is 666 g/mol. The topological polar surface area (TPSA) is 109 Å². The smallest absolute Gasteiger partial charge is 0.237 e. The molecule has 6 rings (SSSR count). The highest BCUT2D eigenvalue weighted by Gasteiger charge is 2.39. The van der Waals surface area contributed by atoms with Crippen LogP contribution in [0.1, 0.15) is 57.1 Å². The van der Waals surface area contributed by atoms with E-state index in [1.807, 2.05) is 26.0 Å². The molecule has 1 saturated carbocycles. The minimum absolute atomic E-state index is 0.0378. The van der Waals surface area contributed by atoms with E-state index in [0.29, 0.717) is 52.8 Å². The Morgan fingerprint density at radius 1 is 1.09 bits per heavy atom. The first-order valence-electron chi connectivity index (χ1n) is 16.1. The van der Waals surface area contributed by atoms with E-state index in [2.05, 4.69) is 50.6 Å². The van der Waals surface area contributed by atoms with Gasteiger partial charge in [-0.3, -0.25) is 9.21 Å². The van der Waals surface area contributed by atoms with Gasteiger partial charge in [0.05, 0.1) is 34.6 Å². The Morgan fingerprint density at radius 3 is 2.54 bits per heavy atom. The molecule has 2 N–H and O–H groups in total. The predicted octanol–water partition coefficient (Wildman–Crippen LogP) is 6.91. The number of ether oxygens (including phenoxy) is 2. The van der Waals surface area contributed by atoms with E-state index >= 15 is 0 Å². The highest BCUT2D eigenvalue weighted by molar-refractivity contribution is 7.93.